The van der Waals surface area contributed by atoms with Gasteiger partial charge in [-0.3, -0.25) is 0 Å². The zero-order chi connectivity index (χ0) is 15.5. The molecule has 0 aromatic heterocycles. The number of ether oxygens (including phenoxy) is 1. The second-order valence-corrected chi connectivity index (χ2v) is 8.17. The zero-order valence-corrected chi connectivity index (χ0v) is 14.0. The minimum Gasteiger partial charge on any atom is -0.497 e. The van der Waals surface area contributed by atoms with Gasteiger partial charge in [-0.2, -0.15) is 0 Å². The van der Waals surface area contributed by atoms with E-state index in [9.17, 15) is 5.11 Å². The van der Waals surface area contributed by atoms with E-state index in [4.69, 9.17) is 4.74 Å². The molecule has 0 saturated heterocycles. The number of rotatable bonds is 1. The van der Waals surface area contributed by atoms with Gasteiger partial charge in [0.05, 0.1) is 13.2 Å². The Morgan fingerprint density at radius 1 is 1.23 bits per heavy atom. The molecule has 2 nitrogen and oxygen atoms in total. The summed E-state index contributed by atoms with van der Waals surface area (Å²) >= 11 is 0. The van der Waals surface area contributed by atoms with Crippen molar-refractivity contribution >= 4 is 0 Å². The van der Waals surface area contributed by atoms with E-state index in [1.165, 1.54) is 24.8 Å². The Morgan fingerprint density at radius 2 is 2.05 bits per heavy atom. The van der Waals surface area contributed by atoms with Gasteiger partial charge in [0, 0.05) is 0 Å². The lowest BCUT2D eigenvalue weighted by Gasteiger charge is -2.52. The smallest absolute Gasteiger partial charge is 0.119 e. The molecule has 0 amide bonds. The van der Waals surface area contributed by atoms with E-state index in [0.29, 0.717) is 17.8 Å². The third kappa shape index (κ3) is 1.89. The molecule has 4 unspecified atom stereocenters. The predicted octanol–water partition coefficient (Wildman–Crippen LogP) is 4.16. The first-order valence-corrected chi connectivity index (χ1v) is 8.89. The van der Waals surface area contributed by atoms with Crippen LogP contribution in [0.25, 0.3) is 0 Å². The van der Waals surface area contributed by atoms with E-state index in [-0.39, 0.29) is 11.5 Å². The number of methoxy groups -OCH3 is 1. The summed E-state index contributed by atoms with van der Waals surface area (Å²) in [7, 11) is 1.75. The van der Waals surface area contributed by atoms with Gasteiger partial charge >= 0.3 is 0 Å². The molecule has 3 aliphatic carbocycles. The van der Waals surface area contributed by atoms with Crippen LogP contribution < -0.4 is 4.74 Å². The van der Waals surface area contributed by atoms with Crippen molar-refractivity contribution < 1.29 is 9.84 Å². The van der Waals surface area contributed by atoms with Crippen molar-refractivity contribution in [3.63, 3.8) is 0 Å². The molecule has 0 radical (unpaired) electrons. The second-order valence-electron chi connectivity index (χ2n) is 8.17. The molecule has 6 atom stereocenters. The largest absolute Gasteiger partial charge is 0.497 e. The summed E-state index contributed by atoms with van der Waals surface area (Å²) in [5.74, 6) is 3.83. The number of fused-ring (bicyclic) bond motifs is 5. The molecule has 4 rings (SSSR count). The molecule has 2 fully saturated rings. The Hall–Kier alpha value is -1.02. The molecule has 120 valence electrons. The van der Waals surface area contributed by atoms with Gasteiger partial charge in [0.2, 0.25) is 0 Å². The van der Waals surface area contributed by atoms with Crippen molar-refractivity contribution in [2.45, 2.75) is 58.0 Å². The standard InChI is InChI=1S/C20H28O2/c1-12-10-13-11-14(22-3)4-5-15(13)16-8-9-20(2)17(19(12)16)6-7-18(20)21/h4-5,11-12,16-19,21H,6-10H2,1-3H3/t12?,16?,17?,18-,19?,20-/m0/s1. The zero-order valence-electron chi connectivity index (χ0n) is 14.0. The summed E-state index contributed by atoms with van der Waals surface area (Å²) in [4.78, 5) is 0. The summed E-state index contributed by atoms with van der Waals surface area (Å²) in [6.45, 7) is 4.78. The summed E-state index contributed by atoms with van der Waals surface area (Å²) in [6.07, 6.45) is 5.72. The van der Waals surface area contributed by atoms with E-state index in [2.05, 4.69) is 32.0 Å². The highest BCUT2D eigenvalue weighted by atomic mass is 16.5. The summed E-state index contributed by atoms with van der Waals surface area (Å²) in [6, 6.07) is 6.69. The van der Waals surface area contributed by atoms with E-state index in [1.54, 1.807) is 12.7 Å². The average Bonchev–Trinajstić information content (AvgIpc) is 2.82. The molecule has 1 aromatic rings. The van der Waals surface area contributed by atoms with Crippen LogP contribution in [0, 0.1) is 23.2 Å². The fourth-order valence-corrected chi connectivity index (χ4v) is 6.05. The summed E-state index contributed by atoms with van der Waals surface area (Å²) in [5, 5.41) is 10.5. The van der Waals surface area contributed by atoms with Gasteiger partial charge in [-0.15, -0.1) is 0 Å². The van der Waals surface area contributed by atoms with Gasteiger partial charge < -0.3 is 9.84 Å². The minimum atomic E-state index is -0.0806. The maximum atomic E-state index is 10.5. The average molecular weight is 300 g/mol. The molecular formula is C20H28O2. The first kappa shape index (κ1) is 14.6. The van der Waals surface area contributed by atoms with Gasteiger partial charge in [-0.25, -0.2) is 0 Å². The van der Waals surface area contributed by atoms with Crippen LogP contribution in [0.5, 0.6) is 5.75 Å². The van der Waals surface area contributed by atoms with E-state index >= 15 is 0 Å². The Morgan fingerprint density at radius 3 is 2.82 bits per heavy atom. The quantitative estimate of drug-likeness (QED) is 0.844. The Balaban J connectivity index is 1.73. The minimum absolute atomic E-state index is 0.0806. The summed E-state index contributed by atoms with van der Waals surface area (Å²) < 4.78 is 5.42. The van der Waals surface area contributed by atoms with Crippen LogP contribution >= 0.6 is 0 Å². The van der Waals surface area contributed by atoms with Crippen LogP contribution in [-0.2, 0) is 6.42 Å². The molecule has 0 bridgehead atoms. The van der Waals surface area contributed by atoms with E-state index in [1.807, 2.05) is 0 Å². The van der Waals surface area contributed by atoms with Crippen molar-refractivity contribution in [1.82, 2.24) is 0 Å². The van der Waals surface area contributed by atoms with Crippen LogP contribution in [0.2, 0.25) is 0 Å². The molecule has 0 aliphatic heterocycles. The maximum Gasteiger partial charge on any atom is 0.119 e. The monoisotopic (exact) mass is 300 g/mol. The lowest BCUT2D eigenvalue weighted by Crippen LogP contribution is -2.46. The highest BCUT2D eigenvalue weighted by molar-refractivity contribution is 5.41. The third-order valence-corrected chi connectivity index (χ3v) is 7.23. The van der Waals surface area contributed by atoms with Crippen molar-refractivity contribution in [2.75, 3.05) is 7.11 Å². The fourth-order valence-electron chi connectivity index (χ4n) is 6.05. The highest BCUT2D eigenvalue weighted by Gasteiger charge is 2.55. The maximum absolute atomic E-state index is 10.5. The molecule has 0 heterocycles. The number of hydrogen-bond acceptors (Lipinski definition) is 2. The number of aliphatic hydroxyl groups excluding tert-OH is 1. The second kappa shape index (κ2) is 4.99. The highest BCUT2D eigenvalue weighted by Crippen LogP contribution is 2.62. The fraction of sp³-hybridized carbons (Fsp3) is 0.700. The molecule has 1 aromatic carbocycles. The predicted molar refractivity (Wildman–Crippen MR) is 88.2 cm³/mol. The Kier molecular flexibility index (Phi) is 3.30. The van der Waals surface area contributed by atoms with Crippen LogP contribution in [0.3, 0.4) is 0 Å². The van der Waals surface area contributed by atoms with Gasteiger partial charge in [-0.1, -0.05) is 19.9 Å². The van der Waals surface area contributed by atoms with Crippen LogP contribution in [0.15, 0.2) is 18.2 Å². The number of benzene rings is 1. The van der Waals surface area contributed by atoms with Gasteiger partial charge in [0.25, 0.3) is 0 Å². The lowest BCUT2D eigenvalue weighted by atomic mass is 9.53. The van der Waals surface area contributed by atoms with Crippen molar-refractivity contribution in [1.29, 1.82) is 0 Å². The molecule has 22 heavy (non-hydrogen) atoms. The summed E-state index contributed by atoms with van der Waals surface area (Å²) in [5.41, 5.74) is 3.22. The third-order valence-electron chi connectivity index (χ3n) is 7.23. The number of hydrogen-bond donors (Lipinski definition) is 1. The van der Waals surface area contributed by atoms with Gasteiger partial charge in [0.15, 0.2) is 0 Å². The topological polar surface area (TPSA) is 29.5 Å². The first-order chi connectivity index (χ1) is 10.5. The van der Waals surface area contributed by atoms with Crippen LogP contribution in [-0.4, -0.2) is 18.3 Å². The first-order valence-electron chi connectivity index (χ1n) is 8.89. The van der Waals surface area contributed by atoms with Crippen molar-refractivity contribution in [3.8, 4) is 5.75 Å². The molecule has 0 spiro atoms. The van der Waals surface area contributed by atoms with Gasteiger partial charge in [0.1, 0.15) is 5.75 Å². The normalized spacial score (nSPS) is 43.2. The molecular weight excluding hydrogens is 272 g/mol. The van der Waals surface area contributed by atoms with Crippen LogP contribution in [0.4, 0.5) is 0 Å². The van der Waals surface area contributed by atoms with Crippen LogP contribution in [0.1, 0.15) is 56.6 Å². The SMILES string of the molecule is COc1ccc2c(c1)CC(C)C1C2CC[C@@]2(C)C1CC[C@@H]2O. The molecule has 3 aliphatic rings. The van der Waals surface area contributed by atoms with Gasteiger partial charge in [-0.05, 0) is 84.5 Å². The number of aliphatic hydroxyl groups is 1. The Labute approximate surface area is 133 Å². The van der Waals surface area contributed by atoms with E-state index in [0.717, 1.165) is 24.5 Å². The van der Waals surface area contributed by atoms with E-state index < -0.39 is 0 Å². The van der Waals surface area contributed by atoms with Crippen molar-refractivity contribution in [3.05, 3.63) is 29.3 Å². The Bertz CT molecular complexity index is 581. The molecule has 1 N–H and O–H groups in total. The molecule has 2 saturated carbocycles. The molecule has 2 heteroatoms. The van der Waals surface area contributed by atoms with Crippen molar-refractivity contribution in [2.24, 2.45) is 23.2 Å². The lowest BCUT2D eigenvalue weighted by molar-refractivity contribution is -0.0356.